The van der Waals surface area contributed by atoms with Crippen molar-refractivity contribution in [1.29, 1.82) is 0 Å². The lowest BCUT2D eigenvalue weighted by Gasteiger charge is -2.18. The van der Waals surface area contributed by atoms with Crippen LogP contribution in [0, 0.1) is 12.3 Å². The molecule has 84 valence electrons. The molecule has 0 saturated heterocycles. The van der Waals surface area contributed by atoms with Gasteiger partial charge < -0.3 is 4.90 Å². The number of hydrogen-bond acceptors (Lipinski definition) is 1. The van der Waals surface area contributed by atoms with Crippen LogP contribution < -0.4 is 0 Å². The molecule has 0 saturated carbocycles. The Labute approximate surface area is 98.5 Å². The highest BCUT2D eigenvalue weighted by atomic mass is 15.1. The Hall–Kier alpha value is -1.26. The van der Waals surface area contributed by atoms with E-state index in [9.17, 15) is 0 Å². The monoisotopic (exact) mass is 213 g/mol. The van der Waals surface area contributed by atoms with E-state index in [0.29, 0.717) is 0 Å². The number of fused-ring (bicyclic) bond motifs is 1. The van der Waals surface area contributed by atoms with Crippen LogP contribution in [0.25, 0.3) is 0 Å². The van der Waals surface area contributed by atoms with Crippen LogP contribution in [0.4, 0.5) is 0 Å². The molecule has 1 aromatic carbocycles. The SMILES string of the molecule is C#CCCCN1CCc2ccccc2CC1. The summed E-state index contributed by atoms with van der Waals surface area (Å²) in [7, 11) is 0. The topological polar surface area (TPSA) is 3.24 Å². The van der Waals surface area contributed by atoms with Gasteiger partial charge in [-0.15, -0.1) is 12.3 Å². The molecule has 0 radical (unpaired) electrons. The summed E-state index contributed by atoms with van der Waals surface area (Å²) in [6.45, 7) is 3.52. The van der Waals surface area contributed by atoms with Gasteiger partial charge in [-0.1, -0.05) is 24.3 Å². The van der Waals surface area contributed by atoms with E-state index < -0.39 is 0 Å². The first-order valence-electron chi connectivity index (χ1n) is 6.13. The molecule has 0 N–H and O–H groups in total. The Bertz CT molecular complexity index is 348. The van der Waals surface area contributed by atoms with Crippen molar-refractivity contribution in [3.8, 4) is 12.3 Å². The molecule has 0 aliphatic carbocycles. The van der Waals surface area contributed by atoms with Gasteiger partial charge >= 0.3 is 0 Å². The summed E-state index contributed by atoms with van der Waals surface area (Å²) < 4.78 is 0. The fourth-order valence-electron chi connectivity index (χ4n) is 2.34. The number of hydrogen-bond donors (Lipinski definition) is 0. The van der Waals surface area contributed by atoms with Gasteiger partial charge in [-0.25, -0.2) is 0 Å². The van der Waals surface area contributed by atoms with E-state index in [0.717, 1.165) is 19.4 Å². The van der Waals surface area contributed by atoms with Gasteiger partial charge in [-0.05, 0) is 36.9 Å². The predicted molar refractivity (Wildman–Crippen MR) is 68.4 cm³/mol. The molecule has 0 spiro atoms. The summed E-state index contributed by atoms with van der Waals surface area (Å²) in [6.07, 6.45) is 9.69. The van der Waals surface area contributed by atoms with Gasteiger partial charge in [0, 0.05) is 19.5 Å². The second-order valence-electron chi connectivity index (χ2n) is 4.42. The first-order chi connectivity index (χ1) is 7.90. The number of rotatable bonds is 3. The molecular weight excluding hydrogens is 194 g/mol. The summed E-state index contributed by atoms with van der Waals surface area (Å²) in [5.41, 5.74) is 3.06. The summed E-state index contributed by atoms with van der Waals surface area (Å²) in [5, 5.41) is 0. The summed E-state index contributed by atoms with van der Waals surface area (Å²) in [4.78, 5) is 2.54. The second kappa shape index (κ2) is 5.72. The van der Waals surface area contributed by atoms with Gasteiger partial charge in [0.2, 0.25) is 0 Å². The largest absolute Gasteiger partial charge is 0.303 e. The van der Waals surface area contributed by atoms with Crippen molar-refractivity contribution < 1.29 is 0 Å². The molecular formula is C15H19N. The lowest BCUT2D eigenvalue weighted by atomic mass is 10.0. The first kappa shape index (κ1) is 11.2. The van der Waals surface area contributed by atoms with Gasteiger partial charge in [0.15, 0.2) is 0 Å². The third-order valence-electron chi connectivity index (χ3n) is 3.31. The van der Waals surface area contributed by atoms with Crippen LogP contribution in [-0.2, 0) is 12.8 Å². The van der Waals surface area contributed by atoms with Crippen LogP contribution in [0.1, 0.15) is 24.0 Å². The maximum Gasteiger partial charge on any atom is 0.00982 e. The standard InChI is InChI=1S/C15H19N/c1-2-3-6-11-16-12-9-14-7-4-5-8-15(14)10-13-16/h1,4-5,7-8H,3,6,9-13H2. The molecule has 1 aliphatic heterocycles. The molecule has 0 amide bonds. The Kier molecular flexibility index (Phi) is 4.02. The van der Waals surface area contributed by atoms with Crippen molar-refractivity contribution in [1.82, 2.24) is 4.90 Å². The van der Waals surface area contributed by atoms with E-state index in [4.69, 9.17) is 6.42 Å². The molecule has 0 unspecified atom stereocenters. The molecule has 1 heterocycles. The van der Waals surface area contributed by atoms with Crippen LogP contribution in [0.3, 0.4) is 0 Å². The van der Waals surface area contributed by atoms with Gasteiger partial charge in [-0.2, -0.15) is 0 Å². The molecule has 0 bridgehead atoms. The molecule has 1 nitrogen and oxygen atoms in total. The smallest absolute Gasteiger partial charge is 0.00982 e. The van der Waals surface area contributed by atoms with E-state index in [1.54, 1.807) is 0 Å². The average molecular weight is 213 g/mol. The minimum Gasteiger partial charge on any atom is -0.303 e. The number of terminal acetylenes is 1. The van der Waals surface area contributed by atoms with E-state index in [-0.39, 0.29) is 0 Å². The van der Waals surface area contributed by atoms with Crippen molar-refractivity contribution in [2.24, 2.45) is 0 Å². The minimum atomic E-state index is 0.906. The molecule has 0 atom stereocenters. The lowest BCUT2D eigenvalue weighted by molar-refractivity contribution is 0.285. The highest BCUT2D eigenvalue weighted by Gasteiger charge is 2.12. The van der Waals surface area contributed by atoms with Crippen LogP contribution >= 0.6 is 0 Å². The van der Waals surface area contributed by atoms with Gasteiger partial charge in [-0.3, -0.25) is 0 Å². The Morgan fingerprint density at radius 1 is 1.12 bits per heavy atom. The van der Waals surface area contributed by atoms with Gasteiger partial charge in [0.05, 0.1) is 0 Å². The number of unbranched alkanes of at least 4 members (excludes halogenated alkanes) is 1. The minimum absolute atomic E-state index is 0.906. The highest BCUT2D eigenvalue weighted by Crippen LogP contribution is 2.15. The van der Waals surface area contributed by atoms with Gasteiger partial charge in [0.1, 0.15) is 0 Å². The quantitative estimate of drug-likeness (QED) is 0.551. The Morgan fingerprint density at radius 2 is 1.75 bits per heavy atom. The zero-order chi connectivity index (χ0) is 11.2. The third kappa shape index (κ3) is 2.87. The molecule has 16 heavy (non-hydrogen) atoms. The molecule has 1 aliphatic rings. The van der Waals surface area contributed by atoms with Crippen molar-refractivity contribution >= 4 is 0 Å². The van der Waals surface area contributed by atoms with Crippen LogP contribution in [0.5, 0.6) is 0 Å². The van der Waals surface area contributed by atoms with E-state index in [1.165, 1.54) is 37.1 Å². The highest BCUT2D eigenvalue weighted by molar-refractivity contribution is 5.28. The second-order valence-corrected chi connectivity index (χ2v) is 4.42. The third-order valence-corrected chi connectivity index (χ3v) is 3.31. The molecule has 0 aromatic heterocycles. The Balaban J connectivity index is 1.90. The van der Waals surface area contributed by atoms with Gasteiger partial charge in [0.25, 0.3) is 0 Å². The zero-order valence-corrected chi connectivity index (χ0v) is 9.78. The van der Waals surface area contributed by atoms with E-state index in [2.05, 4.69) is 35.1 Å². The van der Waals surface area contributed by atoms with Crippen molar-refractivity contribution in [3.05, 3.63) is 35.4 Å². The maximum absolute atomic E-state index is 5.28. The Morgan fingerprint density at radius 3 is 2.31 bits per heavy atom. The summed E-state index contributed by atoms with van der Waals surface area (Å²) >= 11 is 0. The average Bonchev–Trinajstić information content (AvgIpc) is 2.53. The normalized spacial score (nSPS) is 16.2. The summed E-state index contributed by atoms with van der Waals surface area (Å²) in [5.74, 6) is 2.71. The molecule has 1 heteroatoms. The van der Waals surface area contributed by atoms with Crippen molar-refractivity contribution in [3.63, 3.8) is 0 Å². The summed E-state index contributed by atoms with van der Waals surface area (Å²) in [6, 6.07) is 8.82. The zero-order valence-electron chi connectivity index (χ0n) is 9.78. The number of nitrogens with zero attached hydrogens (tertiary/aromatic N) is 1. The van der Waals surface area contributed by atoms with Crippen LogP contribution in [0.2, 0.25) is 0 Å². The molecule has 0 fully saturated rings. The predicted octanol–water partition coefficient (Wildman–Crippen LogP) is 2.50. The fourth-order valence-corrected chi connectivity index (χ4v) is 2.34. The molecule has 1 aromatic rings. The van der Waals surface area contributed by atoms with Crippen LogP contribution in [-0.4, -0.2) is 24.5 Å². The number of benzene rings is 1. The fraction of sp³-hybridized carbons (Fsp3) is 0.467. The van der Waals surface area contributed by atoms with Crippen molar-refractivity contribution in [2.75, 3.05) is 19.6 Å². The first-order valence-corrected chi connectivity index (χ1v) is 6.13. The lowest BCUT2D eigenvalue weighted by Crippen LogP contribution is -2.27. The van der Waals surface area contributed by atoms with E-state index in [1.807, 2.05) is 0 Å². The van der Waals surface area contributed by atoms with Crippen LogP contribution in [0.15, 0.2) is 24.3 Å². The maximum atomic E-state index is 5.28. The van der Waals surface area contributed by atoms with E-state index >= 15 is 0 Å². The van der Waals surface area contributed by atoms with Crippen molar-refractivity contribution in [2.45, 2.75) is 25.7 Å². The molecule has 2 rings (SSSR count).